The molecule has 17 nitrogen and oxygen atoms in total. The Bertz CT molecular complexity index is 2280. The Labute approximate surface area is 328 Å². The molecule has 7 amide bonds. The van der Waals surface area contributed by atoms with Crippen LogP contribution < -0.4 is 41.1 Å². The lowest BCUT2D eigenvalue weighted by Gasteiger charge is -2.27. The second kappa shape index (κ2) is 16.4. The number of rotatable bonds is 13. The number of urea groups is 1. The average Bonchev–Trinajstić information content (AvgIpc) is 3.43. The van der Waals surface area contributed by atoms with Crippen molar-refractivity contribution in [1.29, 1.82) is 0 Å². The van der Waals surface area contributed by atoms with Gasteiger partial charge in [-0.05, 0) is 55.7 Å². The number of nitrogens with one attached hydrogen (secondary N) is 5. The molecule has 1 unspecified atom stereocenters. The molecule has 17 heteroatoms. The number of fused-ring (bicyclic) bond motifs is 3. The van der Waals surface area contributed by atoms with Crippen LogP contribution >= 0.6 is 0 Å². The fourth-order valence-electron chi connectivity index (χ4n) is 7.12. The molecule has 5 N–H and O–H groups in total. The van der Waals surface area contributed by atoms with Gasteiger partial charge in [-0.3, -0.25) is 34.2 Å². The van der Waals surface area contributed by atoms with Crippen molar-refractivity contribution in [1.82, 2.24) is 25.5 Å². The number of unbranched alkanes of at least 4 members (excludes halogenated alkanes) is 3. The first-order valence-electron chi connectivity index (χ1n) is 18.6. The van der Waals surface area contributed by atoms with Crippen LogP contribution in [-0.4, -0.2) is 90.8 Å². The number of amides is 7. The van der Waals surface area contributed by atoms with Gasteiger partial charge < -0.3 is 35.8 Å². The van der Waals surface area contributed by atoms with Crippen molar-refractivity contribution in [2.45, 2.75) is 44.6 Å². The third-order valence-electron chi connectivity index (χ3n) is 10.1. The Morgan fingerprint density at radius 3 is 2.40 bits per heavy atom. The summed E-state index contributed by atoms with van der Waals surface area (Å²) in [6.07, 6.45) is 5.00. The Kier molecular flexibility index (Phi) is 11.0. The summed E-state index contributed by atoms with van der Waals surface area (Å²) < 4.78 is 5.60. The number of methoxy groups -OCH3 is 1. The number of piperidine rings is 1. The van der Waals surface area contributed by atoms with Gasteiger partial charge >= 0.3 is 6.03 Å². The summed E-state index contributed by atoms with van der Waals surface area (Å²) in [5, 5.41) is 14.3. The standard InChI is InChI=1S/C40H42N10O7/c1-48-28-14-7-6-11-24(28)36(53)49(2)30-22-43-39(47-34(30)48)45-26-16-15-23(21-31(26)57-3)44-40(56)42-20-9-5-4-8-19-41-27-13-10-12-25-33(27)38(55)50(37(25)54)29-17-18-32(51)46-35(29)52/h6-7,10-16,21-22,29,41H,4-5,8-9,17-20H2,1-3H3,(H2,42,44,56)(H,43,45,47)(H,46,51,52). The van der Waals surface area contributed by atoms with Gasteiger partial charge in [0.25, 0.3) is 17.7 Å². The molecule has 0 bridgehead atoms. The largest absolute Gasteiger partial charge is 0.494 e. The second-order valence-corrected chi connectivity index (χ2v) is 13.8. The smallest absolute Gasteiger partial charge is 0.319 e. The maximum absolute atomic E-state index is 13.3. The number of hydrogen-bond donors (Lipinski definition) is 5. The molecule has 1 aromatic heterocycles. The number of nitrogens with zero attached hydrogens (tertiary/aromatic N) is 5. The summed E-state index contributed by atoms with van der Waals surface area (Å²) in [5.74, 6) is -1.02. The van der Waals surface area contributed by atoms with Crippen molar-refractivity contribution < 1.29 is 33.5 Å². The molecule has 3 aromatic carbocycles. The van der Waals surface area contributed by atoms with E-state index in [1.54, 1.807) is 55.7 Å². The molecule has 1 fully saturated rings. The van der Waals surface area contributed by atoms with Gasteiger partial charge in [0, 0.05) is 51.0 Å². The molecule has 0 spiro atoms. The minimum absolute atomic E-state index is 0.0602. The molecule has 4 aromatic rings. The lowest BCUT2D eigenvalue weighted by Crippen LogP contribution is -2.54. The summed E-state index contributed by atoms with van der Waals surface area (Å²) in [6, 6.07) is 16.1. The normalized spacial score (nSPS) is 16.0. The summed E-state index contributed by atoms with van der Waals surface area (Å²) in [4.78, 5) is 89.6. The molecular formula is C40H42N10O7. The first-order valence-corrected chi connectivity index (χ1v) is 18.6. The van der Waals surface area contributed by atoms with E-state index in [4.69, 9.17) is 9.72 Å². The van der Waals surface area contributed by atoms with Crippen LogP contribution in [0.5, 0.6) is 5.75 Å². The summed E-state index contributed by atoms with van der Waals surface area (Å²) in [7, 11) is 5.06. The van der Waals surface area contributed by atoms with Crippen LogP contribution in [0.1, 0.15) is 69.6 Å². The van der Waals surface area contributed by atoms with Gasteiger partial charge in [0.15, 0.2) is 5.82 Å². The van der Waals surface area contributed by atoms with E-state index in [1.807, 2.05) is 30.1 Å². The zero-order valence-corrected chi connectivity index (χ0v) is 31.7. The van der Waals surface area contributed by atoms with Crippen LogP contribution in [0.15, 0.2) is 66.9 Å². The van der Waals surface area contributed by atoms with Crippen LogP contribution in [0.2, 0.25) is 0 Å². The minimum atomic E-state index is -1.02. The van der Waals surface area contributed by atoms with E-state index in [1.165, 1.54) is 12.0 Å². The maximum atomic E-state index is 13.3. The van der Waals surface area contributed by atoms with E-state index in [-0.39, 0.29) is 35.9 Å². The second-order valence-electron chi connectivity index (χ2n) is 13.8. The highest BCUT2D eigenvalue weighted by Crippen LogP contribution is 2.39. The lowest BCUT2D eigenvalue weighted by molar-refractivity contribution is -0.136. The molecule has 1 atom stereocenters. The Hall–Kier alpha value is -7.04. The summed E-state index contributed by atoms with van der Waals surface area (Å²) in [5.41, 5.74) is 3.93. The van der Waals surface area contributed by atoms with Crippen molar-refractivity contribution in [3.8, 4) is 5.75 Å². The molecule has 0 aliphatic carbocycles. The quantitative estimate of drug-likeness (QED) is 0.0919. The highest BCUT2D eigenvalue weighted by molar-refractivity contribution is 6.25. The van der Waals surface area contributed by atoms with Crippen LogP contribution in [0.25, 0.3) is 0 Å². The van der Waals surface area contributed by atoms with Gasteiger partial charge in [-0.25, -0.2) is 9.78 Å². The minimum Gasteiger partial charge on any atom is -0.494 e. The molecule has 3 aliphatic rings. The van der Waals surface area contributed by atoms with E-state index < -0.39 is 29.7 Å². The van der Waals surface area contributed by atoms with Gasteiger partial charge in [-0.15, -0.1) is 0 Å². The first-order chi connectivity index (χ1) is 27.5. The Balaban J connectivity index is 0.853. The van der Waals surface area contributed by atoms with Gasteiger partial charge in [-0.1, -0.05) is 31.0 Å². The van der Waals surface area contributed by atoms with Gasteiger partial charge in [0.05, 0.1) is 41.4 Å². The number of carbonyl (C=O) groups is 6. The van der Waals surface area contributed by atoms with E-state index in [0.29, 0.717) is 58.9 Å². The Morgan fingerprint density at radius 2 is 1.61 bits per heavy atom. The van der Waals surface area contributed by atoms with E-state index in [0.717, 1.165) is 36.3 Å². The van der Waals surface area contributed by atoms with Crippen LogP contribution in [0, 0.1) is 0 Å². The molecule has 0 radical (unpaired) electrons. The van der Waals surface area contributed by atoms with Crippen LogP contribution in [-0.2, 0) is 9.59 Å². The average molecular weight is 775 g/mol. The van der Waals surface area contributed by atoms with Crippen molar-refractivity contribution in [2.24, 2.45) is 0 Å². The fourth-order valence-corrected chi connectivity index (χ4v) is 7.12. The lowest BCUT2D eigenvalue weighted by atomic mass is 10.0. The van der Waals surface area contributed by atoms with Crippen LogP contribution in [0.3, 0.4) is 0 Å². The van der Waals surface area contributed by atoms with Crippen molar-refractivity contribution in [2.75, 3.05) is 60.0 Å². The van der Waals surface area contributed by atoms with Crippen LogP contribution in [0.4, 0.5) is 45.0 Å². The molecule has 0 saturated carbocycles. The number of hydrogen-bond acceptors (Lipinski definition) is 12. The third-order valence-corrected chi connectivity index (χ3v) is 10.1. The predicted molar refractivity (Wildman–Crippen MR) is 213 cm³/mol. The number of para-hydroxylation sites is 1. The molecule has 57 heavy (non-hydrogen) atoms. The SMILES string of the molecule is COc1cc(NC(=O)NCCCCCCNc2cccc3c2C(=O)N(C2CCC(=O)NC2=O)C3=O)ccc1Nc1ncc2c(n1)N(C)c1ccccc1C(=O)N2C. The number of ether oxygens (including phenoxy) is 1. The summed E-state index contributed by atoms with van der Waals surface area (Å²) >= 11 is 0. The van der Waals surface area contributed by atoms with E-state index in [9.17, 15) is 28.8 Å². The molecule has 4 heterocycles. The first kappa shape index (κ1) is 38.2. The van der Waals surface area contributed by atoms with Crippen molar-refractivity contribution in [3.63, 3.8) is 0 Å². The van der Waals surface area contributed by atoms with E-state index >= 15 is 0 Å². The van der Waals surface area contributed by atoms with Gasteiger partial charge in [0.2, 0.25) is 17.8 Å². The van der Waals surface area contributed by atoms with Gasteiger partial charge in [-0.2, -0.15) is 4.98 Å². The molecule has 294 valence electrons. The maximum Gasteiger partial charge on any atom is 0.319 e. The van der Waals surface area contributed by atoms with Crippen molar-refractivity contribution >= 4 is 75.8 Å². The Morgan fingerprint density at radius 1 is 0.842 bits per heavy atom. The number of benzene rings is 3. The molecule has 1 saturated heterocycles. The van der Waals surface area contributed by atoms with Crippen molar-refractivity contribution in [3.05, 3.63) is 83.6 Å². The number of aromatic nitrogens is 2. The highest BCUT2D eigenvalue weighted by atomic mass is 16.5. The number of carbonyl (C=O) groups excluding carboxylic acids is 6. The zero-order valence-electron chi connectivity index (χ0n) is 31.7. The predicted octanol–water partition coefficient (Wildman–Crippen LogP) is 4.78. The third kappa shape index (κ3) is 7.76. The summed E-state index contributed by atoms with van der Waals surface area (Å²) in [6.45, 7) is 1.02. The van der Waals surface area contributed by atoms with E-state index in [2.05, 4.69) is 31.6 Å². The zero-order chi connectivity index (χ0) is 40.2. The topological polar surface area (TPSA) is 207 Å². The highest BCUT2D eigenvalue weighted by Gasteiger charge is 2.45. The number of anilines is 7. The molecule has 7 rings (SSSR count). The molecular weight excluding hydrogens is 733 g/mol. The monoisotopic (exact) mass is 774 g/mol. The van der Waals surface area contributed by atoms with Gasteiger partial charge in [0.1, 0.15) is 17.5 Å². The fraction of sp³-hybridized carbons (Fsp3) is 0.300. The molecule has 3 aliphatic heterocycles. The number of imide groups is 2.